The molecule has 0 aliphatic carbocycles. The Labute approximate surface area is 181 Å². The van der Waals surface area contributed by atoms with E-state index in [-0.39, 0.29) is 12.5 Å². The lowest BCUT2D eigenvalue weighted by molar-refractivity contribution is 0.106. The number of para-hydroxylation sites is 1. The molecule has 0 spiro atoms. The lowest BCUT2D eigenvalue weighted by atomic mass is 9.91. The third-order valence-corrected chi connectivity index (χ3v) is 5.35. The van der Waals surface area contributed by atoms with E-state index in [9.17, 15) is 5.11 Å². The first-order valence-electron chi connectivity index (χ1n) is 10.4. The molecule has 1 heterocycles. The van der Waals surface area contributed by atoms with Crippen LogP contribution in [0.25, 0.3) is 10.9 Å². The van der Waals surface area contributed by atoms with Gasteiger partial charge < -0.3 is 20.1 Å². The van der Waals surface area contributed by atoms with Gasteiger partial charge in [-0.2, -0.15) is 5.26 Å². The van der Waals surface area contributed by atoms with Gasteiger partial charge in [-0.15, -0.1) is 0 Å². The second-order valence-corrected chi connectivity index (χ2v) is 7.51. The number of benzene rings is 3. The minimum absolute atomic E-state index is 0.156. The molecule has 3 aromatic carbocycles. The second kappa shape index (κ2) is 9.94. The number of hydrogen-bond donors (Lipinski definition) is 3. The molecule has 0 fully saturated rings. The molecule has 0 aliphatic heterocycles. The van der Waals surface area contributed by atoms with Gasteiger partial charge in [-0.3, -0.25) is 0 Å². The van der Waals surface area contributed by atoms with Gasteiger partial charge in [0.25, 0.3) is 0 Å². The van der Waals surface area contributed by atoms with Crippen molar-refractivity contribution in [1.82, 2.24) is 10.3 Å². The van der Waals surface area contributed by atoms with Gasteiger partial charge in [0.2, 0.25) is 0 Å². The molecule has 4 aromatic rings. The van der Waals surface area contributed by atoms with Crippen molar-refractivity contribution < 1.29 is 9.84 Å². The number of fused-ring (bicyclic) bond motifs is 1. The summed E-state index contributed by atoms with van der Waals surface area (Å²) >= 11 is 0. The predicted molar refractivity (Wildman–Crippen MR) is 122 cm³/mol. The molecule has 0 bridgehead atoms. The Morgan fingerprint density at radius 2 is 1.68 bits per heavy atom. The number of hydrogen-bond acceptors (Lipinski definition) is 4. The highest BCUT2D eigenvalue weighted by Crippen LogP contribution is 2.30. The van der Waals surface area contributed by atoms with Crippen LogP contribution >= 0.6 is 0 Å². The van der Waals surface area contributed by atoms with Crippen LogP contribution in [-0.4, -0.2) is 35.9 Å². The molecule has 5 nitrogen and oxygen atoms in total. The van der Waals surface area contributed by atoms with E-state index in [2.05, 4.69) is 65.0 Å². The molecule has 31 heavy (non-hydrogen) atoms. The quantitative estimate of drug-likeness (QED) is 0.386. The largest absolute Gasteiger partial charge is 0.491 e. The second-order valence-electron chi connectivity index (χ2n) is 7.51. The highest BCUT2D eigenvalue weighted by molar-refractivity contribution is 5.84. The molecule has 0 amide bonds. The first kappa shape index (κ1) is 20.7. The van der Waals surface area contributed by atoms with Crippen LogP contribution in [0.3, 0.4) is 0 Å². The van der Waals surface area contributed by atoms with Crippen LogP contribution in [-0.2, 0) is 0 Å². The van der Waals surface area contributed by atoms with Gasteiger partial charge in [0.1, 0.15) is 18.5 Å². The van der Waals surface area contributed by atoms with E-state index in [1.165, 1.54) is 16.5 Å². The number of aliphatic hydroxyl groups is 1. The lowest BCUT2D eigenvalue weighted by Gasteiger charge is -2.20. The van der Waals surface area contributed by atoms with Gasteiger partial charge in [0.15, 0.2) is 0 Å². The van der Waals surface area contributed by atoms with Gasteiger partial charge in [-0.1, -0.05) is 48.5 Å². The van der Waals surface area contributed by atoms with E-state index < -0.39 is 6.10 Å². The topological polar surface area (TPSA) is 81.1 Å². The summed E-state index contributed by atoms with van der Waals surface area (Å²) in [6.45, 7) is 1.30. The maximum Gasteiger partial charge on any atom is 0.119 e. The molecule has 0 aliphatic rings. The summed E-state index contributed by atoms with van der Waals surface area (Å²) in [5, 5.41) is 23.8. The Morgan fingerprint density at radius 1 is 0.935 bits per heavy atom. The SMILES string of the molecule is N#Cc1ccc(OCC(O)CNCC(c2ccccc2)c2c[nH]c3ccccc23)cc1. The zero-order valence-electron chi connectivity index (χ0n) is 17.2. The van der Waals surface area contributed by atoms with Crippen molar-refractivity contribution in [2.24, 2.45) is 0 Å². The smallest absolute Gasteiger partial charge is 0.119 e. The zero-order valence-corrected chi connectivity index (χ0v) is 17.2. The van der Waals surface area contributed by atoms with Crippen molar-refractivity contribution >= 4 is 10.9 Å². The molecule has 0 saturated carbocycles. The number of nitrogens with zero attached hydrogens (tertiary/aromatic N) is 1. The fourth-order valence-electron chi connectivity index (χ4n) is 3.75. The number of nitriles is 1. The van der Waals surface area contributed by atoms with E-state index in [4.69, 9.17) is 10.00 Å². The molecule has 2 unspecified atom stereocenters. The Morgan fingerprint density at radius 3 is 2.45 bits per heavy atom. The van der Waals surface area contributed by atoms with Crippen LogP contribution in [0.1, 0.15) is 22.6 Å². The molecule has 0 saturated heterocycles. The van der Waals surface area contributed by atoms with Crippen LogP contribution in [0.15, 0.2) is 85.1 Å². The van der Waals surface area contributed by atoms with Crippen LogP contribution in [0.4, 0.5) is 0 Å². The standard InChI is InChI=1S/C26H25N3O2/c27-14-19-10-12-22(13-11-19)31-18-21(30)15-28-16-24(20-6-2-1-3-7-20)25-17-29-26-9-5-4-8-23(25)26/h1-13,17,21,24,28-30H,15-16,18H2. The first-order valence-corrected chi connectivity index (χ1v) is 10.4. The third kappa shape index (κ3) is 5.13. The summed E-state index contributed by atoms with van der Waals surface area (Å²) in [6, 6.07) is 27.7. The fourth-order valence-corrected chi connectivity index (χ4v) is 3.75. The molecule has 3 N–H and O–H groups in total. The van der Waals surface area contributed by atoms with E-state index in [1.807, 2.05) is 12.1 Å². The number of rotatable bonds is 9. The maximum absolute atomic E-state index is 10.4. The summed E-state index contributed by atoms with van der Waals surface area (Å²) in [5.41, 5.74) is 4.16. The average molecular weight is 412 g/mol. The average Bonchev–Trinajstić information content (AvgIpc) is 3.25. The molecule has 0 radical (unpaired) electrons. The Bertz CT molecular complexity index is 1150. The number of aliphatic hydroxyl groups excluding tert-OH is 1. The highest BCUT2D eigenvalue weighted by Gasteiger charge is 2.18. The van der Waals surface area contributed by atoms with Gasteiger partial charge in [-0.05, 0) is 41.5 Å². The van der Waals surface area contributed by atoms with Crippen molar-refractivity contribution in [3.8, 4) is 11.8 Å². The number of ether oxygens (including phenoxy) is 1. The summed E-state index contributed by atoms with van der Waals surface area (Å²) < 4.78 is 5.63. The minimum Gasteiger partial charge on any atom is -0.491 e. The van der Waals surface area contributed by atoms with Crippen molar-refractivity contribution in [2.75, 3.05) is 19.7 Å². The molecule has 156 valence electrons. The molecule has 5 heteroatoms. The molecule has 4 rings (SSSR count). The van der Waals surface area contributed by atoms with Gasteiger partial charge in [0, 0.05) is 36.1 Å². The van der Waals surface area contributed by atoms with E-state index in [1.54, 1.807) is 24.3 Å². The van der Waals surface area contributed by atoms with E-state index >= 15 is 0 Å². The normalized spacial score (nSPS) is 12.9. The highest BCUT2D eigenvalue weighted by atomic mass is 16.5. The predicted octanol–water partition coefficient (Wildman–Crippen LogP) is 4.20. The van der Waals surface area contributed by atoms with Crippen molar-refractivity contribution in [3.05, 3.63) is 102 Å². The van der Waals surface area contributed by atoms with Crippen LogP contribution in [0.2, 0.25) is 0 Å². The third-order valence-electron chi connectivity index (χ3n) is 5.35. The van der Waals surface area contributed by atoms with Crippen molar-refractivity contribution in [3.63, 3.8) is 0 Å². The Hall–Kier alpha value is -3.59. The van der Waals surface area contributed by atoms with E-state index in [0.717, 1.165) is 5.52 Å². The summed E-state index contributed by atoms with van der Waals surface area (Å²) in [7, 11) is 0. The summed E-state index contributed by atoms with van der Waals surface area (Å²) in [6.07, 6.45) is 1.43. The van der Waals surface area contributed by atoms with Crippen LogP contribution in [0, 0.1) is 11.3 Å². The number of H-pyrrole nitrogens is 1. The van der Waals surface area contributed by atoms with Gasteiger partial charge in [0.05, 0.1) is 11.6 Å². The fraction of sp³-hybridized carbons (Fsp3) is 0.192. The zero-order chi connectivity index (χ0) is 21.5. The monoisotopic (exact) mass is 411 g/mol. The summed E-state index contributed by atoms with van der Waals surface area (Å²) in [4.78, 5) is 3.37. The van der Waals surface area contributed by atoms with Gasteiger partial charge in [-0.25, -0.2) is 0 Å². The van der Waals surface area contributed by atoms with Crippen LogP contribution in [0.5, 0.6) is 5.75 Å². The molecule has 1 aromatic heterocycles. The minimum atomic E-state index is -0.643. The maximum atomic E-state index is 10.4. The number of aromatic amines is 1. The lowest BCUT2D eigenvalue weighted by Crippen LogP contribution is -2.34. The first-order chi connectivity index (χ1) is 15.2. The molecule has 2 atom stereocenters. The molecular weight excluding hydrogens is 386 g/mol. The van der Waals surface area contributed by atoms with Gasteiger partial charge >= 0.3 is 0 Å². The van der Waals surface area contributed by atoms with Crippen molar-refractivity contribution in [2.45, 2.75) is 12.0 Å². The molecular formula is C26H25N3O2. The summed E-state index contributed by atoms with van der Waals surface area (Å²) in [5.74, 6) is 0.794. The number of nitrogens with one attached hydrogen (secondary N) is 2. The Balaban J connectivity index is 1.38. The number of aromatic nitrogens is 1. The Kier molecular flexibility index (Phi) is 6.63. The van der Waals surface area contributed by atoms with Crippen LogP contribution < -0.4 is 10.1 Å². The van der Waals surface area contributed by atoms with E-state index in [0.29, 0.717) is 24.4 Å². The van der Waals surface area contributed by atoms with Crippen molar-refractivity contribution in [1.29, 1.82) is 5.26 Å².